The van der Waals surface area contributed by atoms with Crippen molar-refractivity contribution in [1.82, 2.24) is 5.32 Å². The lowest BCUT2D eigenvalue weighted by Crippen LogP contribution is -2.54. The number of carbonyl (C=O) groups is 3. The zero-order chi connectivity index (χ0) is 26.0. The molecular weight excluding hydrogens is 551 g/mol. The summed E-state index contributed by atoms with van der Waals surface area (Å²) >= 11 is 9.63. The quantitative estimate of drug-likeness (QED) is 0.282. The third kappa shape index (κ3) is 5.34. The SMILES string of the molecule is CCOc1cc(/C=C2\C(=O)NC(=O)N(c3cc(Cl)ccc3C)C2=O)cc(Br)c1Cc1cccc(F)c1. The van der Waals surface area contributed by atoms with E-state index < -0.39 is 17.8 Å². The maximum Gasteiger partial charge on any atom is 0.335 e. The van der Waals surface area contributed by atoms with Gasteiger partial charge in [0.05, 0.1) is 12.3 Å². The second kappa shape index (κ2) is 10.6. The van der Waals surface area contributed by atoms with E-state index in [2.05, 4.69) is 21.2 Å². The molecule has 0 aromatic heterocycles. The van der Waals surface area contributed by atoms with Gasteiger partial charge in [0.2, 0.25) is 0 Å². The molecule has 1 N–H and O–H groups in total. The van der Waals surface area contributed by atoms with Crippen LogP contribution in [0.15, 0.2) is 64.6 Å². The largest absolute Gasteiger partial charge is 0.494 e. The molecule has 9 heteroatoms. The van der Waals surface area contributed by atoms with E-state index >= 15 is 0 Å². The van der Waals surface area contributed by atoms with Crippen molar-refractivity contribution in [3.8, 4) is 5.75 Å². The Bertz CT molecular complexity index is 1420. The Balaban J connectivity index is 1.74. The molecule has 3 aromatic carbocycles. The van der Waals surface area contributed by atoms with E-state index in [9.17, 15) is 18.8 Å². The number of rotatable bonds is 6. The minimum Gasteiger partial charge on any atom is -0.494 e. The summed E-state index contributed by atoms with van der Waals surface area (Å²) < 4.78 is 20.2. The van der Waals surface area contributed by atoms with Gasteiger partial charge in [-0.3, -0.25) is 14.9 Å². The van der Waals surface area contributed by atoms with Crippen LogP contribution in [-0.2, 0) is 16.0 Å². The minimum atomic E-state index is -0.853. The molecule has 6 nitrogen and oxygen atoms in total. The first-order chi connectivity index (χ1) is 17.2. The van der Waals surface area contributed by atoms with Crippen molar-refractivity contribution < 1.29 is 23.5 Å². The van der Waals surface area contributed by atoms with Gasteiger partial charge in [0.25, 0.3) is 11.8 Å². The average Bonchev–Trinajstić information content (AvgIpc) is 2.81. The van der Waals surface area contributed by atoms with Crippen LogP contribution in [0.3, 0.4) is 0 Å². The molecule has 1 fully saturated rings. The third-order valence-electron chi connectivity index (χ3n) is 5.57. The highest BCUT2D eigenvalue weighted by Crippen LogP contribution is 2.33. The summed E-state index contributed by atoms with van der Waals surface area (Å²) in [5.41, 5.74) is 2.75. The first-order valence-electron chi connectivity index (χ1n) is 11.0. The average molecular weight is 572 g/mol. The Kier molecular flexibility index (Phi) is 7.56. The summed E-state index contributed by atoms with van der Waals surface area (Å²) in [4.78, 5) is 39.4. The number of benzene rings is 3. The summed E-state index contributed by atoms with van der Waals surface area (Å²) in [6.07, 6.45) is 1.80. The van der Waals surface area contributed by atoms with Gasteiger partial charge in [0.1, 0.15) is 17.1 Å². The number of aryl methyl sites for hydroxylation is 1. The van der Waals surface area contributed by atoms with Crippen LogP contribution in [-0.4, -0.2) is 24.5 Å². The molecule has 0 bridgehead atoms. The number of nitrogens with zero attached hydrogens (tertiary/aromatic N) is 1. The molecule has 1 aliphatic heterocycles. The maximum atomic E-state index is 13.7. The number of amides is 4. The van der Waals surface area contributed by atoms with E-state index in [-0.39, 0.29) is 17.1 Å². The number of urea groups is 1. The standard InChI is InChI=1S/C27H21BrClFN2O4/c1-3-36-24-13-17(12-22(28)20(24)10-16-5-4-6-19(30)9-16)11-21-25(33)31-27(35)32(26(21)34)23-14-18(29)8-7-15(23)2/h4-9,11-14H,3,10H2,1-2H3,(H,31,33,35)/b21-11+. The van der Waals surface area contributed by atoms with Gasteiger partial charge >= 0.3 is 6.03 Å². The lowest BCUT2D eigenvalue weighted by Gasteiger charge is -2.27. The zero-order valence-corrected chi connectivity index (χ0v) is 21.7. The molecule has 36 heavy (non-hydrogen) atoms. The van der Waals surface area contributed by atoms with Crippen LogP contribution in [0.1, 0.15) is 29.2 Å². The summed E-state index contributed by atoms with van der Waals surface area (Å²) in [7, 11) is 0. The van der Waals surface area contributed by atoms with Crippen molar-refractivity contribution >= 4 is 57.1 Å². The monoisotopic (exact) mass is 570 g/mol. The first-order valence-corrected chi connectivity index (χ1v) is 12.2. The lowest BCUT2D eigenvalue weighted by molar-refractivity contribution is -0.122. The van der Waals surface area contributed by atoms with Gasteiger partial charge < -0.3 is 4.74 Å². The first kappa shape index (κ1) is 25.6. The third-order valence-corrected chi connectivity index (χ3v) is 6.51. The van der Waals surface area contributed by atoms with Gasteiger partial charge in [0.15, 0.2) is 0 Å². The Hall–Kier alpha value is -3.49. The summed E-state index contributed by atoms with van der Waals surface area (Å²) in [6, 6.07) is 13.7. The highest BCUT2D eigenvalue weighted by molar-refractivity contribution is 9.10. The fourth-order valence-electron chi connectivity index (χ4n) is 3.89. The number of halogens is 3. The number of imide groups is 2. The second-order valence-electron chi connectivity index (χ2n) is 8.11. The van der Waals surface area contributed by atoms with Crippen molar-refractivity contribution in [3.05, 3.63) is 97.7 Å². The maximum absolute atomic E-state index is 13.7. The molecule has 1 saturated heterocycles. The molecular formula is C27H21BrClFN2O4. The molecule has 3 aromatic rings. The van der Waals surface area contributed by atoms with E-state index in [1.165, 1.54) is 24.3 Å². The molecule has 0 unspecified atom stereocenters. The number of carbonyl (C=O) groups excluding carboxylic acids is 3. The van der Waals surface area contributed by atoms with E-state index in [1.54, 1.807) is 37.3 Å². The molecule has 0 atom stereocenters. The van der Waals surface area contributed by atoms with Crippen molar-refractivity contribution in [2.45, 2.75) is 20.3 Å². The van der Waals surface area contributed by atoms with Gasteiger partial charge in [-0.05, 0) is 73.0 Å². The van der Waals surface area contributed by atoms with Gasteiger partial charge in [-0.1, -0.05) is 45.7 Å². The van der Waals surface area contributed by atoms with E-state index in [0.29, 0.717) is 39.4 Å². The smallest absolute Gasteiger partial charge is 0.335 e. The second-order valence-corrected chi connectivity index (χ2v) is 9.40. The summed E-state index contributed by atoms with van der Waals surface area (Å²) in [6.45, 7) is 3.94. The fraction of sp³-hybridized carbons (Fsp3) is 0.148. The van der Waals surface area contributed by atoms with Crippen LogP contribution in [0.2, 0.25) is 5.02 Å². The fourth-order valence-corrected chi connectivity index (χ4v) is 4.65. The van der Waals surface area contributed by atoms with Gasteiger partial charge in [-0.15, -0.1) is 0 Å². The van der Waals surface area contributed by atoms with Gasteiger partial charge in [0, 0.05) is 21.5 Å². The van der Waals surface area contributed by atoms with E-state index in [1.807, 2.05) is 13.0 Å². The minimum absolute atomic E-state index is 0.221. The summed E-state index contributed by atoms with van der Waals surface area (Å²) in [5, 5.41) is 2.56. The van der Waals surface area contributed by atoms with Crippen molar-refractivity contribution in [2.75, 3.05) is 11.5 Å². The highest BCUT2D eigenvalue weighted by Gasteiger charge is 2.37. The predicted molar refractivity (Wildman–Crippen MR) is 140 cm³/mol. The van der Waals surface area contributed by atoms with Crippen LogP contribution in [0, 0.1) is 12.7 Å². The molecule has 4 rings (SSSR count). The number of ether oxygens (including phenoxy) is 1. The molecule has 0 aliphatic carbocycles. The van der Waals surface area contributed by atoms with E-state index in [4.69, 9.17) is 16.3 Å². The molecule has 0 saturated carbocycles. The molecule has 0 radical (unpaired) electrons. The molecule has 4 amide bonds. The van der Waals surface area contributed by atoms with Crippen LogP contribution in [0.4, 0.5) is 14.9 Å². The number of hydrogen-bond acceptors (Lipinski definition) is 4. The number of barbiturate groups is 1. The zero-order valence-electron chi connectivity index (χ0n) is 19.4. The molecule has 184 valence electrons. The van der Waals surface area contributed by atoms with Crippen LogP contribution >= 0.6 is 27.5 Å². The Morgan fingerprint density at radius 1 is 1.11 bits per heavy atom. The number of anilines is 1. The van der Waals surface area contributed by atoms with E-state index in [0.717, 1.165) is 16.0 Å². The van der Waals surface area contributed by atoms with Crippen LogP contribution in [0.25, 0.3) is 6.08 Å². The van der Waals surface area contributed by atoms with Gasteiger partial charge in [-0.25, -0.2) is 14.1 Å². The number of hydrogen-bond donors (Lipinski definition) is 1. The highest BCUT2D eigenvalue weighted by atomic mass is 79.9. The Morgan fingerprint density at radius 2 is 1.89 bits per heavy atom. The van der Waals surface area contributed by atoms with Crippen LogP contribution in [0.5, 0.6) is 5.75 Å². The predicted octanol–water partition coefficient (Wildman–Crippen LogP) is 6.21. The summed E-state index contributed by atoms with van der Waals surface area (Å²) in [5.74, 6) is -1.39. The normalized spacial score (nSPS) is 14.9. The Morgan fingerprint density at radius 3 is 2.61 bits per heavy atom. The van der Waals surface area contributed by atoms with Crippen molar-refractivity contribution in [1.29, 1.82) is 0 Å². The number of nitrogens with one attached hydrogen (secondary N) is 1. The lowest BCUT2D eigenvalue weighted by atomic mass is 10.00. The van der Waals surface area contributed by atoms with Gasteiger partial charge in [-0.2, -0.15) is 0 Å². The molecule has 0 spiro atoms. The van der Waals surface area contributed by atoms with Crippen molar-refractivity contribution in [2.24, 2.45) is 0 Å². The molecule has 1 heterocycles. The van der Waals surface area contributed by atoms with Crippen molar-refractivity contribution in [3.63, 3.8) is 0 Å². The topological polar surface area (TPSA) is 75.7 Å². The van der Waals surface area contributed by atoms with Crippen LogP contribution < -0.4 is 15.0 Å². The Labute approximate surface area is 220 Å². The molecule has 1 aliphatic rings.